The molecule has 0 atom stereocenters. The van der Waals surface area contributed by atoms with Crippen molar-refractivity contribution in [2.45, 2.75) is 24.7 Å². The third-order valence-corrected chi connectivity index (χ3v) is 5.18. The topological polar surface area (TPSA) is 59.6 Å². The van der Waals surface area contributed by atoms with Gasteiger partial charge in [-0.25, -0.2) is 0 Å². The first kappa shape index (κ1) is 21.6. The van der Waals surface area contributed by atoms with Gasteiger partial charge in [-0.3, -0.25) is 10.1 Å². The van der Waals surface area contributed by atoms with Crippen LogP contribution in [0.25, 0.3) is 0 Å². The molecule has 1 fully saturated rings. The highest BCUT2D eigenvalue weighted by Crippen LogP contribution is 2.33. The maximum absolute atomic E-state index is 12.4. The van der Waals surface area contributed by atoms with Gasteiger partial charge in [-0.1, -0.05) is 28.1 Å². The van der Waals surface area contributed by atoms with Crippen LogP contribution < -0.4 is 15.4 Å². The van der Waals surface area contributed by atoms with Crippen LogP contribution in [-0.4, -0.2) is 32.0 Å². The Kier molecular flexibility index (Phi) is 6.81. The molecule has 0 saturated carbocycles. The van der Waals surface area contributed by atoms with Crippen molar-refractivity contribution in [1.82, 2.24) is 5.32 Å². The summed E-state index contributed by atoms with van der Waals surface area (Å²) in [6.07, 6.45) is -3.31. The maximum atomic E-state index is 12.4. The molecule has 1 aliphatic heterocycles. The number of anilines is 1. The van der Waals surface area contributed by atoms with Crippen LogP contribution in [0, 0.1) is 0 Å². The summed E-state index contributed by atoms with van der Waals surface area (Å²) in [6, 6.07) is 12.9. The Bertz CT molecular complexity index is 838. The highest BCUT2D eigenvalue weighted by atomic mass is 79.9. The number of amides is 1. The van der Waals surface area contributed by atoms with Crippen LogP contribution in [0.4, 0.5) is 18.9 Å². The van der Waals surface area contributed by atoms with E-state index in [9.17, 15) is 18.0 Å². The number of carbonyl (C=O) groups is 1. The quantitative estimate of drug-likeness (QED) is 0.645. The second-order valence-electron chi connectivity index (χ2n) is 6.68. The largest absolute Gasteiger partial charge is 0.573 e. The van der Waals surface area contributed by atoms with E-state index in [-0.39, 0.29) is 23.7 Å². The van der Waals surface area contributed by atoms with Gasteiger partial charge in [0.2, 0.25) is 5.91 Å². The van der Waals surface area contributed by atoms with Crippen molar-refractivity contribution >= 4 is 27.5 Å². The molecule has 1 amide bonds. The summed E-state index contributed by atoms with van der Waals surface area (Å²) in [5.41, 5.74) is 1.07. The Morgan fingerprint density at radius 3 is 2.45 bits per heavy atom. The summed E-state index contributed by atoms with van der Waals surface area (Å²) in [5, 5.41) is 6.03. The smallest absolute Gasteiger partial charge is 0.406 e. The van der Waals surface area contributed by atoms with E-state index in [1.807, 2.05) is 24.3 Å². The van der Waals surface area contributed by atoms with Crippen LogP contribution in [0.1, 0.15) is 18.4 Å². The van der Waals surface area contributed by atoms with Gasteiger partial charge >= 0.3 is 6.36 Å². The number of carbonyl (C=O) groups excluding carboxylic acids is 1. The molecule has 1 aliphatic rings. The van der Waals surface area contributed by atoms with Crippen LogP contribution >= 0.6 is 15.9 Å². The molecular formula is C20H20BrF3N2O3. The number of ether oxygens (including phenoxy) is 2. The van der Waals surface area contributed by atoms with Gasteiger partial charge in [0.05, 0.1) is 6.54 Å². The zero-order valence-corrected chi connectivity index (χ0v) is 17.0. The lowest BCUT2D eigenvalue weighted by atomic mass is 9.82. The van der Waals surface area contributed by atoms with Crippen molar-refractivity contribution in [1.29, 1.82) is 0 Å². The van der Waals surface area contributed by atoms with E-state index in [0.29, 0.717) is 18.9 Å². The molecule has 2 aromatic rings. The lowest BCUT2D eigenvalue weighted by Crippen LogP contribution is -2.49. The second-order valence-corrected chi connectivity index (χ2v) is 7.59. The second kappa shape index (κ2) is 9.15. The number of hydrogen-bond acceptors (Lipinski definition) is 4. The Balaban J connectivity index is 1.62. The molecule has 2 N–H and O–H groups in total. The van der Waals surface area contributed by atoms with Gasteiger partial charge in [0.15, 0.2) is 0 Å². The lowest BCUT2D eigenvalue weighted by Gasteiger charge is -2.38. The SMILES string of the molecule is O=C(CNC1(c2cccc(Br)c2)CCOCC1)Nc1ccc(OC(F)(F)F)cc1. The molecular weight excluding hydrogens is 453 g/mol. The molecule has 156 valence electrons. The third kappa shape index (κ3) is 6.19. The minimum Gasteiger partial charge on any atom is -0.406 e. The summed E-state index contributed by atoms with van der Waals surface area (Å²) in [7, 11) is 0. The Hall–Kier alpha value is -2.10. The van der Waals surface area contributed by atoms with Gasteiger partial charge in [-0.2, -0.15) is 0 Å². The monoisotopic (exact) mass is 472 g/mol. The first-order valence-electron chi connectivity index (χ1n) is 9.00. The Morgan fingerprint density at radius 2 is 1.83 bits per heavy atom. The fourth-order valence-electron chi connectivity index (χ4n) is 3.27. The predicted octanol–water partition coefficient (Wildman–Crippen LogP) is 4.58. The van der Waals surface area contributed by atoms with Gasteiger partial charge in [0, 0.05) is 28.9 Å². The van der Waals surface area contributed by atoms with Crippen molar-refractivity contribution < 1.29 is 27.4 Å². The average Bonchev–Trinajstić information content (AvgIpc) is 2.68. The fourth-order valence-corrected chi connectivity index (χ4v) is 3.67. The molecule has 0 aliphatic carbocycles. The predicted molar refractivity (Wildman–Crippen MR) is 106 cm³/mol. The number of rotatable bonds is 6. The van der Waals surface area contributed by atoms with Crippen LogP contribution in [0.15, 0.2) is 53.0 Å². The van der Waals surface area contributed by atoms with E-state index in [0.717, 1.165) is 35.0 Å². The van der Waals surface area contributed by atoms with Gasteiger partial charge in [0.1, 0.15) is 5.75 Å². The zero-order chi connectivity index (χ0) is 20.9. The first-order valence-corrected chi connectivity index (χ1v) is 9.80. The van der Waals surface area contributed by atoms with Crippen molar-refractivity contribution in [2.24, 2.45) is 0 Å². The molecule has 1 saturated heterocycles. The first-order chi connectivity index (χ1) is 13.8. The van der Waals surface area contributed by atoms with Crippen molar-refractivity contribution in [2.75, 3.05) is 25.1 Å². The van der Waals surface area contributed by atoms with E-state index in [4.69, 9.17) is 4.74 Å². The van der Waals surface area contributed by atoms with E-state index in [1.54, 1.807) is 0 Å². The Labute approximate surface area is 174 Å². The normalized spacial score (nSPS) is 16.3. The number of benzene rings is 2. The van der Waals surface area contributed by atoms with Crippen LogP contribution in [0.3, 0.4) is 0 Å². The number of hydrogen-bond donors (Lipinski definition) is 2. The lowest BCUT2D eigenvalue weighted by molar-refractivity contribution is -0.274. The molecule has 9 heteroatoms. The van der Waals surface area contributed by atoms with Gasteiger partial charge in [-0.15, -0.1) is 13.2 Å². The van der Waals surface area contributed by atoms with E-state index in [1.165, 1.54) is 12.1 Å². The molecule has 5 nitrogen and oxygen atoms in total. The molecule has 0 bridgehead atoms. The zero-order valence-electron chi connectivity index (χ0n) is 15.4. The minimum atomic E-state index is -4.75. The van der Waals surface area contributed by atoms with Crippen molar-refractivity contribution in [3.8, 4) is 5.75 Å². The van der Waals surface area contributed by atoms with Crippen LogP contribution in [0.2, 0.25) is 0 Å². The summed E-state index contributed by atoms with van der Waals surface area (Å²) < 4.78 is 46.9. The number of nitrogens with one attached hydrogen (secondary N) is 2. The minimum absolute atomic E-state index is 0.0489. The van der Waals surface area contributed by atoms with Gasteiger partial charge in [-0.05, 0) is 54.8 Å². The number of halogens is 4. The molecule has 0 unspecified atom stereocenters. The molecule has 1 heterocycles. The standard InChI is InChI=1S/C20H20BrF3N2O3/c21-15-3-1-2-14(12-15)19(8-10-28-11-9-19)25-13-18(27)26-16-4-6-17(7-5-16)29-20(22,23)24/h1-7,12,25H,8-11,13H2,(H,26,27). The molecule has 3 rings (SSSR count). The fraction of sp³-hybridized carbons (Fsp3) is 0.350. The Morgan fingerprint density at radius 1 is 1.14 bits per heavy atom. The third-order valence-electron chi connectivity index (χ3n) is 4.68. The highest BCUT2D eigenvalue weighted by Gasteiger charge is 2.34. The van der Waals surface area contributed by atoms with E-state index in [2.05, 4.69) is 31.3 Å². The summed E-state index contributed by atoms with van der Waals surface area (Å²) in [4.78, 5) is 12.4. The van der Waals surface area contributed by atoms with E-state index < -0.39 is 6.36 Å². The molecule has 0 aromatic heterocycles. The molecule has 2 aromatic carbocycles. The van der Waals surface area contributed by atoms with Crippen LogP contribution in [-0.2, 0) is 15.1 Å². The van der Waals surface area contributed by atoms with Crippen LogP contribution in [0.5, 0.6) is 5.75 Å². The molecule has 0 radical (unpaired) electrons. The van der Waals surface area contributed by atoms with Crippen molar-refractivity contribution in [3.05, 3.63) is 58.6 Å². The van der Waals surface area contributed by atoms with Gasteiger partial charge in [0.25, 0.3) is 0 Å². The number of alkyl halides is 3. The summed E-state index contributed by atoms with van der Waals surface area (Å²) >= 11 is 3.48. The highest BCUT2D eigenvalue weighted by molar-refractivity contribution is 9.10. The average molecular weight is 473 g/mol. The van der Waals surface area contributed by atoms with Gasteiger partial charge < -0.3 is 14.8 Å². The van der Waals surface area contributed by atoms with Crippen molar-refractivity contribution in [3.63, 3.8) is 0 Å². The summed E-state index contributed by atoms with van der Waals surface area (Å²) in [5.74, 6) is -0.639. The molecule has 29 heavy (non-hydrogen) atoms. The molecule has 0 spiro atoms. The maximum Gasteiger partial charge on any atom is 0.573 e. The summed E-state index contributed by atoms with van der Waals surface area (Å²) in [6.45, 7) is 1.22. The van der Waals surface area contributed by atoms with E-state index >= 15 is 0 Å².